The first-order valence-electron chi connectivity index (χ1n) is 9.45. The Balaban J connectivity index is 1.87. The fourth-order valence-electron chi connectivity index (χ4n) is 3.93. The Morgan fingerprint density at radius 3 is 2.44 bits per heavy atom. The number of carbonyl (C=O) groups excluding carboxylic acids is 1. The zero-order valence-electron chi connectivity index (χ0n) is 15.8. The zero-order chi connectivity index (χ0) is 19.0. The van der Waals surface area contributed by atoms with E-state index < -0.39 is 0 Å². The molecular formula is C22H25NO4. The Morgan fingerprint density at radius 1 is 1.00 bits per heavy atom. The van der Waals surface area contributed by atoms with Gasteiger partial charge in [0.15, 0.2) is 17.3 Å². The van der Waals surface area contributed by atoms with Crippen molar-refractivity contribution in [2.24, 2.45) is 11.7 Å². The van der Waals surface area contributed by atoms with E-state index in [0.29, 0.717) is 36.1 Å². The molecule has 1 unspecified atom stereocenters. The van der Waals surface area contributed by atoms with E-state index in [4.69, 9.17) is 19.9 Å². The molecule has 1 saturated carbocycles. The Morgan fingerprint density at radius 2 is 1.78 bits per heavy atom. The molecule has 0 aliphatic heterocycles. The average Bonchev–Trinajstić information content (AvgIpc) is 3.48. The van der Waals surface area contributed by atoms with Gasteiger partial charge in [0.2, 0.25) is 5.75 Å². The van der Waals surface area contributed by atoms with Crippen LogP contribution in [0.1, 0.15) is 35.2 Å². The SMILES string of the molecule is COc1ccc(-c2cccc3c2CCC3=O)c(OC(CN)C2CC2)c1OC. The van der Waals surface area contributed by atoms with Gasteiger partial charge in [-0.15, -0.1) is 0 Å². The van der Waals surface area contributed by atoms with E-state index in [1.165, 1.54) is 0 Å². The van der Waals surface area contributed by atoms with Crippen LogP contribution in [-0.2, 0) is 6.42 Å². The number of rotatable bonds is 7. The molecule has 4 rings (SSSR count). The third kappa shape index (κ3) is 3.16. The molecule has 5 nitrogen and oxygen atoms in total. The number of Topliss-reactive ketones (excluding diaryl/α,β-unsaturated/α-hetero) is 1. The third-order valence-corrected chi connectivity index (χ3v) is 5.52. The van der Waals surface area contributed by atoms with Crippen molar-refractivity contribution in [3.8, 4) is 28.4 Å². The first-order chi connectivity index (χ1) is 13.2. The highest BCUT2D eigenvalue weighted by Gasteiger charge is 2.34. The van der Waals surface area contributed by atoms with E-state index >= 15 is 0 Å². The molecule has 0 radical (unpaired) electrons. The van der Waals surface area contributed by atoms with E-state index in [1.54, 1.807) is 14.2 Å². The highest BCUT2D eigenvalue weighted by Crippen LogP contribution is 2.48. The second kappa shape index (κ2) is 7.24. The van der Waals surface area contributed by atoms with Crippen LogP contribution in [0.3, 0.4) is 0 Å². The largest absolute Gasteiger partial charge is 0.493 e. The number of fused-ring (bicyclic) bond motifs is 1. The lowest BCUT2D eigenvalue weighted by Crippen LogP contribution is -2.29. The lowest BCUT2D eigenvalue weighted by atomic mass is 9.95. The summed E-state index contributed by atoms with van der Waals surface area (Å²) in [5.41, 5.74) is 9.80. The molecule has 0 amide bonds. The lowest BCUT2D eigenvalue weighted by Gasteiger charge is -2.23. The van der Waals surface area contributed by atoms with Crippen LogP contribution in [-0.4, -0.2) is 32.7 Å². The minimum Gasteiger partial charge on any atom is -0.493 e. The monoisotopic (exact) mass is 367 g/mol. The second-order valence-electron chi connectivity index (χ2n) is 7.16. The van der Waals surface area contributed by atoms with Gasteiger partial charge in [-0.05, 0) is 48.4 Å². The highest BCUT2D eigenvalue weighted by atomic mass is 16.5. The van der Waals surface area contributed by atoms with E-state index in [9.17, 15) is 4.79 Å². The Bertz CT molecular complexity index is 873. The van der Waals surface area contributed by atoms with Crippen molar-refractivity contribution >= 4 is 5.78 Å². The number of methoxy groups -OCH3 is 2. The predicted octanol–water partition coefficient (Wildman–Crippen LogP) is 3.62. The van der Waals surface area contributed by atoms with E-state index in [-0.39, 0.29) is 11.9 Å². The van der Waals surface area contributed by atoms with E-state index in [2.05, 4.69) is 0 Å². The van der Waals surface area contributed by atoms with Crippen molar-refractivity contribution < 1.29 is 19.0 Å². The molecule has 2 aromatic rings. The maximum atomic E-state index is 12.2. The van der Waals surface area contributed by atoms with Gasteiger partial charge in [0.25, 0.3) is 0 Å². The Kier molecular flexibility index (Phi) is 4.79. The number of ether oxygens (including phenoxy) is 3. The summed E-state index contributed by atoms with van der Waals surface area (Å²) >= 11 is 0. The molecule has 0 heterocycles. The lowest BCUT2D eigenvalue weighted by molar-refractivity contribution is 0.0994. The van der Waals surface area contributed by atoms with Crippen molar-refractivity contribution in [1.82, 2.24) is 0 Å². The summed E-state index contributed by atoms with van der Waals surface area (Å²) in [6, 6.07) is 9.74. The summed E-state index contributed by atoms with van der Waals surface area (Å²) in [5, 5.41) is 0. The van der Waals surface area contributed by atoms with Crippen LogP contribution in [0.2, 0.25) is 0 Å². The number of ketones is 1. The van der Waals surface area contributed by atoms with Crippen LogP contribution in [0.5, 0.6) is 17.2 Å². The van der Waals surface area contributed by atoms with E-state index in [1.807, 2.05) is 30.3 Å². The summed E-state index contributed by atoms with van der Waals surface area (Å²) in [5.74, 6) is 2.52. The van der Waals surface area contributed by atoms with Crippen LogP contribution in [0.15, 0.2) is 30.3 Å². The third-order valence-electron chi connectivity index (χ3n) is 5.52. The number of hydrogen-bond donors (Lipinski definition) is 1. The molecule has 0 spiro atoms. The van der Waals surface area contributed by atoms with Crippen molar-refractivity contribution in [3.05, 3.63) is 41.5 Å². The van der Waals surface area contributed by atoms with Gasteiger partial charge in [-0.2, -0.15) is 0 Å². The van der Waals surface area contributed by atoms with Crippen molar-refractivity contribution in [1.29, 1.82) is 0 Å². The van der Waals surface area contributed by atoms with Gasteiger partial charge < -0.3 is 19.9 Å². The molecule has 0 aromatic heterocycles. The molecule has 2 aromatic carbocycles. The quantitative estimate of drug-likeness (QED) is 0.809. The van der Waals surface area contributed by atoms with Crippen LogP contribution in [0.4, 0.5) is 0 Å². The molecule has 0 bridgehead atoms. The summed E-state index contributed by atoms with van der Waals surface area (Å²) in [7, 11) is 3.23. The average molecular weight is 367 g/mol. The molecule has 2 aliphatic carbocycles. The normalized spacial score (nSPS) is 16.8. The van der Waals surface area contributed by atoms with E-state index in [0.717, 1.165) is 41.5 Å². The summed E-state index contributed by atoms with van der Waals surface area (Å²) in [6.07, 6.45) is 3.53. The Hall–Kier alpha value is -2.53. The molecule has 2 aliphatic rings. The van der Waals surface area contributed by atoms with Gasteiger partial charge in [0.1, 0.15) is 6.10 Å². The topological polar surface area (TPSA) is 70.8 Å². The minimum absolute atomic E-state index is 0.0526. The molecular weight excluding hydrogens is 342 g/mol. The standard InChI is InChI=1S/C22H25NO4/c1-25-19-11-9-17(14-4-3-5-16-15(14)8-10-18(16)24)21(22(19)26-2)27-20(12-23)13-6-7-13/h3-5,9,11,13,20H,6-8,10,12,23H2,1-2H3. The zero-order valence-corrected chi connectivity index (χ0v) is 15.8. The van der Waals surface area contributed by atoms with Crippen molar-refractivity contribution in [2.45, 2.75) is 31.8 Å². The summed E-state index contributed by atoms with van der Waals surface area (Å²) in [6.45, 7) is 0.454. The smallest absolute Gasteiger partial charge is 0.203 e. The number of nitrogens with two attached hydrogens (primary N) is 1. The second-order valence-corrected chi connectivity index (χ2v) is 7.16. The molecule has 142 valence electrons. The van der Waals surface area contributed by atoms with Crippen molar-refractivity contribution in [3.63, 3.8) is 0 Å². The molecule has 1 fully saturated rings. The Labute approximate surface area is 159 Å². The molecule has 27 heavy (non-hydrogen) atoms. The predicted molar refractivity (Wildman–Crippen MR) is 104 cm³/mol. The van der Waals surface area contributed by atoms with Gasteiger partial charge in [-0.25, -0.2) is 0 Å². The summed E-state index contributed by atoms with van der Waals surface area (Å²) < 4.78 is 17.5. The number of benzene rings is 2. The van der Waals surface area contributed by atoms with Gasteiger partial charge >= 0.3 is 0 Å². The number of carbonyl (C=O) groups is 1. The first kappa shape index (κ1) is 17.9. The van der Waals surface area contributed by atoms with Gasteiger partial charge in [0, 0.05) is 24.1 Å². The van der Waals surface area contributed by atoms with Crippen LogP contribution in [0.25, 0.3) is 11.1 Å². The molecule has 0 saturated heterocycles. The fourth-order valence-corrected chi connectivity index (χ4v) is 3.93. The highest BCUT2D eigenvalue weighted by molar-refractivity contribution is 6.02. The molecule has 2 N–H and O–H groups in total. The molecule has 1 atom stereocenters. The summed E-state index contributed by atoms with van der Waals surface area (Å²) in [4.78, 5) is 12.2. The number of hydrogen-bond acceptors (Lipinski definition) is 5. The van der Waals surface area contributed by atoms with Crippen molar-refractivity contribution in [2.75, 3.05) is 20.8 Å². The van der Waals surface area contributed by atoms with Gasteiger partial charge in [-0.3, -0.25) is 4.79 Å². The fraction of sp³-hybridized carbons (Fsp3) is 0.409. The minimum atomic E-state index is -0.0526. The maximum Gasteiger partial charge on any atom is 0.203 e. The van der Waals surface area contributed by atoms with Crippen LogP contribution >= 0.6 is 0 Å². The first-order valence-corrected chi connectivity index (χ1v) is 9.45. The van der Waals surface area contributed by atoms with Crippen LogP contribution < -0.4 is 19.9 Å². The van der Waals surface area contributed by atoms with Gasteiger partial charge in [0.05, 0.1) is 14.2 Å². The molecule has 5 heteroatoms. The van der Waals surface area contributed by atoms with Crippen LogP contribution in [0, 0.1) is 5.92 Å². The van der Waals surface area contributed by atoms with Gasteiger partial charge in [-0.1, -0.05) is 18.2 Å². The maximum absolute atomic E-state index is 12.2.